The van der Waals surface area contributed by atoms with Gasteiger partial charge in [-0.05, 0) is 25.0 Å². The molecule has 0 aliphatic carbocycles. The summed E-state index contributed by atoms with van der Waals surface area (Å²) in [6, 6.07) is 4.03. The van der Waals surface area contributed by atoms with Gasteiger partial charge in [-0.3, -0.25) is 0 Å². The molecule has 6 heteroatoms. The van der Waals surface area contributed by atoms with Crippen molar-refractivity contribution in [1.82, 2.24) is 9.97 Å². The zero-order valence-corrected chi connectivity index (χ0v) is 11.4. The van der Waals surface area contributed by atoms with Crippen LogP contribution in [0.4, 0.5) is 26.1 Å². The van der Waals surface area contributed by atoms with Gasteiger partial charge in [-0.15, -0.1) is 0 Å². The van der Waals surface area contributed by atoms with E-state index in [4.69, 9.17) is 5.73 Å². The molecule has 0 amide bonds. The van der Waals surface area contributed by atoms with Gasteiger partial charge in [0.1, 0.15) is 29.0 Å². The van der Waals surface area contributed by atoms with Crippen LogP contribution in [0.5, 0.6) is 0 Å². The van der Waals surface area contributed by atoms with Gasteiger partial charge in [-0.2, -0.15) is 0 Å². The third-order valence-electron chi connectivity index (χ3n) is 2.80. The average Bonchev–Trinajstić information content (AvgIpc) is 2.39. The van der Waals surface area contributed by atoms with Crippen LogP contribution < -0.4 is 11.1 Å². The quantitative estimate of drug-likeness (QED) is 0.900. The number of hydrogen-bond acceptors (Lipinski definition) is 4. The molecule has 1 aromatic heterocycles. The Kier molecular flexibility index (Phi) is 4.12. The molecule has 1 heterocycles. The molecule has 20 heavy (non-hydrogen) atoms. The van der Waals surface area contributed by atoms with Crippen LogP contribution in [-0.2, 0) is 6.42 Å². The molecular formula is C14H16F2N4. The molecule has 0 spiro atoms. The van der Waals surface area contributed by atoms with E-state index in [1.54, 1.807) is 6.92 Å². The lowest BCUT2D eigenvalue weighted by Gasteiger charge is -2.11. The van der Waals surface area contributed by atoms with Crippen molar-refractivity contribution < 1.29 is 8.78 Å². The van der Waals surface area contributed by atoms with Crippen molar-refractivity contribution in [2.24, 2.45) is 0 Å². The van der Waals surface area contributed by atoms with Crippen LogP contribution in [0.1, 0.15) is 24.7 Å². The molecule has 1 aromatic carbocycles. The van der Waals surface area contributed by atoms with Crippen LogP contribution in [0.2, 0.25) is 0 Å². The lowest BCUT2D eigenvalue weighted by atomic mass is 10.2. The number of aryl methyl sites for hydroxylation is 2. The average molecular weight is 278 g/mol. The van der Waals surface area contributed by atoms with Crippen LogP contribution in [0.3, 0.4) is 0 Å². The molecule has 0 aliphatic rings. The number of aromatic nitrogens is 2. The summed E-state index contributed by atoms with van der Waals surface area (Å²) >= 11 is 0. The Labute approximate surface area is 116 Å². The summed E-state index contributed by atoms with van der Waals surface area (Å²) in [5.74, 6) is -0.228. The van der Waals surface area contributed by atoms with Gasteiger partial charge in [-0.25, -0.2) is 18.7 Å². The highest BCUT2D eigenvalue weighted by molar-refractivity contribution is 5.60. The maximum atomic E-state index is 13.9. The Morgan fingerprint density at radius 1 is 1.25 bits per heavy atom. The summed E-state index contributed by atoms with van der Waals surface area (Å²) < 4.78 is 27.6. The maximum Gasteiger partial charge on any atom is 0.152 e. The lowest BCUT2D eigenvalue weighted by Crippen LogP contribution is -2.06. The molecule has 0 bridgehead atoms. The van der Waals surface area contributed by atoms with Crippen LogP contribution >= 0.6 is 0 Å². The fourth-order valence-corrected chi connectivity index (χ4v) is 1.82. The predicted octanol–water partition coefficient (Wildman–Crippen LogP) is 3.34. The number of benzene rings is 1. The van der Waals surface area contributed by atoms with E-state index >= 15 is 0 Å². The van der Waals surface area contributed by atoms with Gasteiger partial charge in [-0.1, -0.05) is 13.0 Å². The van der Waals surface area contributed by atoms with E-state index in [9.17, 15) is 8.78 Å². The zero-order chi connectivity index (χ0) is 14.7. The van der Waals surface area contributed by atoms with Crippen molar-refractivity contribution in [3.63, 3.8) is 0 Å². The molecule has 106 valence electrons. The molecule has 0 aliphatic heterocycles. The topological polar surface area (TPSA) is 63.8 Å². The van der Waals surface area contributed by atoms with Gasteiger partial charge in [0.25, 0.3) is 0 Å². The van der Waals surface area contributed by atoms with Crippen LogP contribution in [0.15, 0.2) is 18.2 Å². The van der Waals surface area contributed by atoms with Crippen molar-refractivity contribution in [1.29, 1.82) is 0 Å². The zero-order valence-electron chi connectivity index (χ0n) is 11.4. The number of nitrogens with zero attached hydrogens (tertiary/aromatic N) is 2. The Morgan fingerprint density at radius 2 is 2.00 bits per heavy atom. The Morgan fingerprint density at radius 3 is 2.70 bits per heavy atom. The number of hydrogen-bond donors (Lipinski definition) is 2. The summed E-state index contributed by atoms with van der Waals surface area (Å²) in [7, 11) is 0. The first-order valence-corrected chi connectivity index (χ1v) is 6.36. The summed E-state index contributed by atoms with van der Waals surface area (Å²) in [6.07, 6.45) is 1.51. The maximum absolute atomic E-state index is 13.9. The van der Waals surface area contributed by atoms with Crippen LogP contribution in [0, 0.1) is 18.6 Å². The molecule has 2 rings (SSSR count). The molecule has 0 radical (unpaired) electrons. The number of rotatable bonds is 4. The van der Waals surface area contributed by atoms with E-state index in [1.165, 1.54) is 18.2 Å². The van der Waals surface area contributed by atoms with Gasteiger partial charge in [0.2, 0.25) is 0 Å². The van der Waals surface area contributed by atoms with Gasteiger partial charge in [0.15, 0.2) is 5.82 Å². The summed E-state index contributed by atoms with van der Waals surface area (Å²) in [5.41, 5.74) is 5.79. The van der Waals surface area contributed by atoms with Crippen molar-refractivity contribution in [3.05, 3.63) is 41.2 Å². The van der Waals surface area contributed by atoms with Crippen molar-refractivity contribution in [3.8, 4) is 0 Å². The largest absolute Gasteiger partial charge is 0.384 e. The minimum absolute atomic E-state index is 0.231. The minimum Gasteiger partial charge on any atom is -0.384 e. The van der Waals surface area contributed by atoms with Crippen molar-refractivity contribution in [2.75, 3.05) is 11.1 Å². The predicted molar refractivity (Wildman–Crippen MR) is 74.8 cm³/mol. The van der Waals surface area contributed by atoms with Crippen LogP contribution in [-0.4, -0.2) is 9.97 Å². The number of nitrogen functional groups attached to an aromatic ring is 1. The fourth-order valence-electron chi connectivity index (χ4n) is 1.82. The lowest BCUT2D eigenvalue weighted by molar-refractivity contribution is 0.584. The molecule has 0 saturated carbocycles. The van der Waals surface area contributed by atoms with E-state index < -0.39 is 11.6 Å². The Balaban J connectivity index is 2.37. The highest BCUT2D eigenvalue weighted by Gasteiger charge is 2.13. The van der Waals surface area contributed by atoms with Crippen molar-refractivity contribution >= 4 is 17.3 Å². The van der Waals surface area contributed by atoms with E-state index in [-0.39, 0.29) is 17.3 Å². The van der Waals surface area contributed by atoms with Gasteiger partial charge < -0.3 is 11.1 Å². The molecular weight excluding hydrogens is 262 g/mol. The van der Waals surface area contributed by atoms with Gasteiger partial charge >= 0.3 is 0 Å². The molecule has 0 atom stereocenters. The van der Waals surface area contributed by atoms with E-state index in [2.05, 4.69) is 15.3 Å². The molecule has 0 unspecified atom stereocenters. The second-order valence-corrected chi connectivity index (χ2v) is 4.52. The highest BCUT2D eigenvalue weighted by atomic mass is 19.1. The Bertz CT molecular complexity index is 629. The fraction of sp³-hybridized carbons (Fsp3) is 0.286. The summed E-state index contributed by atoms with van der Waals surface area (Å²) in [5, 5.41) is 2.64. The summed E-state index contributed by atoms with van der Waals surface area (Å²) in [4.78, 5) is 8.26. The minimum atomic E-state index is -0.678. The van der Waals surface area contributed by atoms with Crippen LogP contribution in [0.25, 0.3) is 0 Å². The van der Waals surface area contributed by atoms with Crippen molar-refractivity contribution in [2.45, 2.75) is 26.7 Å². The second kappa shape index (κ2) is 5.81. The molecule has 0 fully saturated rings. The highest BCUT2D eigenvalue weighted by Crippen LogP contribution is 2.25. The first kappa shape index (κ1) is 14.2. The third-order valence-corrected chi connectivity index (χ3v) is 2.80. The monoisotopic (exact) mass is 278 g/mol. The van der Waals surface area contributed by atoms with E-state index in [0.717, 1.165) is 6.42 Å². The smallest absolute Gasteiger partial charge is 0.152 e. The van der Waals surface area contributed by atoms with Gasteiger partial charge in [0, 0.05) is 12.5 Å². The standard InChI is InChI=1S/C14H16F2N4/c1-3-4-11-18-10(17)7-12(19-11)20-14-9(15)6-5-8(2)13(14)16/h5-7H,3-4H2,1-2H3,(H3,17,18,19,20). The number of anilines is 3. The molecule has 4 nitrogen and oxygen atoms in total. The Hall–Kier alpha value is -2.24. The first-order chi connectivity index (χ1) is 9.51. The molecule has 3 N–H and O–H groups in total. The van der Waals surface area contributed by atoms with E-state index in [1.807, 2.05) is 6.92 Å². The second-order valence-electron chi connectivity index (χ2n) is 4.52. The van der Waals surface area contributed by atoms with E-state index in [0.29, 0.717) is 17.8 Å². The third kappa shape index (κ3) is 3.01. The molecule has 0 saturated heterocycles. The summed E-state index contributed by atoms with van der Waals surface area (Å²) in [6.45, 7) is 3.55. The molecule has 2 aromatic rings. The first-order valence-electron chi connectivity index (χ1n) is 6.36. The number of nitrogens with one attached hydrogen (secondary N) is 1. The SMILES string of the molecule is CCCc1nc(N)cc(Nc2c(F)ccc(C)c2F)n1. The number of halogens is 2. The number of nitrogens with two attached hydrogens (primary N) is 1. The van der Waals surface area contributed by atoms with Gasteiger partial charge in [0.05, 0.1) is 0 Å². The normalized spacial score (nSPS) is 10.6.